The van der Waals surface area contributed by atoms with Gasteiger partial charge in [-0.05, 0) is 35.8 Å². The molecule has 18 heavy (non-hydrogen) atoms. The van der Waals surface area contributed by atoms with Gasteiger partial charge in [-0.3, -0.25) is 9.59 Å². The van der Waals surface area contributed by atoms with E-state index >= 15 is 0 Å². The van der Waals surface area contributed by atoms with Crippen molar-refractivity contribution in [2.75, 3.05) is 0 Å². The number of ketones is 1. The summed E-state index contributed by atoms with van der Waals surface area (Å²) in [6.07, 6.45) is 7.44. The van der Waals surface area contributed by atoms with Gasteiger partial charge in [0, 0.05) is 5.92 Å². The van der Waals surface area contributed by atoms with E-state index in [4.69, 9.17) is 5.11 Å². The van der Waals surface area contributed by atoms with Crippen LogP contribution in [0.4, 0.5) is 0 Å². The van der Waals surface area contributed by atoms with E-state index in [1.807, 2.05) is 6.08 Å². The first kappa shape index (κ1) is 13.1. The number of allylic oxidation sites excluding steroid dienone is 4. The number of aliphatic carboxylic acids is 1. The second-order valence-corrected chi connectivity index (χ2v) is 5.90. The summed E-state index contributed by atoms with van der Waals surface area (Å²) in [5.41, 5.74) is 1.01. The van der Waals surface area contributed by atoms with Crippen LogP contribution in [0.2, 0.25) is 0 Å². The Morgan fingerprint density at radius 2 is 2.22 bits per heavy atom. The van der Waals surface area contributed by atoms with Crippen molar-refractivity contribution in [1.29, 1.82) is 0 Å². The minimum Gasteiger partial charge on any atom is -0.481 e. The molecule has 0 saturated heterocycles. The van der Waals surface area contributed by atoms with Crippen LogP contribution in [0.5, 0.6) is 0 Å². The van der Waals surface area contributed by atoms with Crippen LogP contribution in [0.1, 0.15) is 33.6 Å². The van der Waals surface area contributed by atoms with Crippen LogP contribution < -0.4 is 0 Å². The summed E-state index contributed by atoms with van der Waals surface area (Å²) < 4.78 is 0. The van der Waals surface area contributed by atoms with Gasteiger partial charge in [0.2, 0.25) is 0 Å². The number of fused-ring (bicyclic) bond motifs is 1. The second kappa shape index (κ2) is 4.38. The minimum absolute atomic E-state index is 0.0314. The molecule has 0 unspecified atom stereocenters. The largest absolute Gasteiger partial charge is 0.481 e. The van der Waals surface area contributed by atoms with Crippen molar-refractivity contribution in [1.82, 2.24) is 0 Å². The zero-order chi connectivity index (χ0) is 13.5. The maximum atomic E-state index is 12.1. The fraction of sp³-hybridized carbons (Fsp3) is 0.600. The van der Waals surface area contributed by atoms with Gasteiger partial charge in [0.05, 0.1) is 5.92 Å². The van der Waals surface area contributed by atoms with Crippen molar-refractivity contribution in [3.05, 3.63) is 23.8 Å². The molecule has 1 N–H and O–H groups in total. The highest BCUT2D eigenvalue weighted by Crippen LogP contribution is 2.50. The van der Waals surface area contributed by atoms with Gasteiger partial charge in [0.15, 0.2) is 5.78 Å². The van der Waals surface area contributed by atoms with Gasteiger partial charge >= 0.3 is 5.97 Å². The number of carbonyl (C=O) groups is 2. The smallest absolute Gasteiger partial charge is 0.306 e. The Balaban J connectivity index is 2.38. The first-order valence-corrected chi connectivity index (χ1v) is 6.51. The Morgan fingerprint density at radius 3 is 2.83 bits per heavy atom. The van der Waals surface area contributed by atoms with Gasteiger partial charge in [-0.25, -0.2) is 0 Å². The van der Waals surface area contributed by atoms with Crippen LogP contribution in [0.15, 0.2) is 23.8 Å². The predicted octanol–water partition coefficient (Wildman–Crippen LogP) is 2.82. The Morgan fingerprint density at radius 1 is 1.56 bits per heavy atom. The number of carbonyl (C=O) groups excluding carboxylic acids is 1. The second-order valence-electron chi connectivity index (χ2n) is 5.90. The van der Waals surface area contributed by atoms with Crippen LogP contribution in [-0.4, -0.2) is 16.9 Å². The molecule has 0 aliphatic heterocycles. The summed E-state index contributed by atoms with van der Waals surface area (Å²) in [6, 6.07) is 0. The van der Waals surface area contributed by atoms with Gasteiger partial charge in [-0.2, -0.15) is 0 Å². The molecule has 0 heterocycles. The lowest BCUT2D eigenvalue weighted by molar-refractivity contribution is -0.146. The van der Waals surface area contributed by atoms with Gasteiger partial charge in [-0.15, -0.1) is 0 Å². The van der Waals surface area contributed by atoms with Gasteiger partial charge < -0.3 is 5.11 Å². The van der Waals surface area contributed by atoms with E-state index in [9.17, 15) is 9.59 Å². The van der Waals surface area contributed by atoms with Gasteiger partial charge in [-0.1, -0.05) is 32.9 Å². The number of hydrogen-bond acceptors (Lipinski definition) is 2. The Bertz CT molecular complexity index is 447. The normalized spacial score (nSPS) is 36.8. The zero-order valence-electron chi connectivity index (χ0n) is 11.1. The lowest BCUT2D eigenvalue weighted by Gasteiger charge is -2.44. The van der Waals surface area contributed by atoms with Crippen LogP contribution in [0, 0.1) is 23.2 Å². The van der Waals surface area contributed by atoms with E-state index in [1.165, 1.54) is 0 Å². The molecule has 0 bridgehead atoms. The highest BCUT2D eigenvalue weighted by atomic mass is 16.4. The van der Waals surface area contributed by atoms with E-state index < -0.39 is 11.9 Å². The van der Waals surface area contributed by atoms with Crippen molar-refractivity contribution < 1.29 is 14.7 Å². The quantitative estimate of drug-likeness (QED) is 0.817. The first-order chi connectivity index (χ1) is 8.36. The maximum Gasteiger partial charge on any atom is 0.306 e. The minimum atomic E-state index is -0.882. The molecule has 3 nitrogen and oxygen atoms in total. The summed E-state index contributed by atoms with van der Waals surface area (Å²) in [7, 11) is 0. The molecule has 2 aliphatic rings. The molecular weight excluding hydrogens is 228 g/mol. The summed E-state index contributed by atoms with van der Waals surface area (Å²) in [4.78, 5) is 23.2. The van der Waals surface area contributed by atoms with Crippen LogP contribution in [0.25, 0.3) is 0 Å². The highest BCUT2D eigenvalue weighted by molar-refractivity contribution is 5.96. The predicted molar refractivity (Wildman–Crippen MR) is 69.0 cm³/mol. The lowest BCUT2D eigenvalue weighted by atomic mass is 9.59. The molecule has 2 aliphatic carbocycles. The molecule has 4 atom stereocenters. The first-order valence-electron chi connectivity index (χ1n) is 6.51. The maximum absolute atomic E-state index is 12.1. The average Bonchev–Trinajstić information content (AvgIpc) is 2.30. The van der Waals surface area contributed by atoms with E-state index in [0.717, 1.165) is 12.0 Å². The Kier molecular flexibility index (Phi) is 3.18. The molecule has 0 aromatic carbocycles. The number of carboxylic acids is 1. The van der Waals surface area contributed by atoms with Crippen LogP contribution in [0.3, 0.4) is 0 Å². The average molecular weight is 248 g/mol. The standard InChI is InChI=1S/C15H20O3/c1-9-5-4-6-11-7-13(16)12(8-15(9,11)3)10(2)14(17)18/h4,6-7,9-10,12H,5,8H2,1-3H3,(H,17,18)/t9-,10-,12-,15+/m0/s1. The fourth-order valence-electron chi connectivity index (χ4n) is 3.08. The molecule has 0 amide bonds. The number of rotatable bonds is 2. The number of carboxylic acid groups (broad SMARTS) is 1. The zero-order valence-corrected chi connectivity index (χ0v) is 11.1. The van der Waals surface area contributed by atoms with Crippen LogP contribution >= 0.6 is 0 Å². The summed E-state index contributed by atoms with van der Waals surface area (Å²) in [6.45, 7) is 5.97. The van der Waals surface area contributed by atoms with Crippen molar-refractivity contribution >= 4 is 11.8 Å². The monoisotopic (exact) mass is 248 g/mol. The SMILES string of the molecule is C[C@H](C(=O)O)[C@@H]1C[C@@]2(C)C(=CC1=O)C=CC[C@@H]2C. The van der Waals surface area contributed by atoms with Crippen molar-refractivity contribution in [3.8, 4) is 0 Å². The van der Waals surface area contributed by atoms with E-state index in [-0.39, 0.29) is 17.1 Å². The molecule has 0 radical (unpaired) electrons. The topological polar surface area (TPSA) is 54.4 Å². The Labute approximate surface area is 108 Å². The van der Waals surface area contributed by atoms with E-state index in [2.05, 4.69) is 19.9 Å². The van der Waals surface area contributed by atoms with Crippen molar-refractivity contribution in [3.63, 3.8) is 0 Å². The molecule has 0 aromatic rings. The lowest BCUT2D eigenvalue weighted by Crippen LogP contribution is -2.41. The summed E-state index contributed by atoms with van der Waals surface area (Å²) in [5.74, 6) is -1.45. The van der Waals surface area contributed by atoms with Crippen molar-refractivity contribution in [2.45, 2.75) is 33.6 Å². The van der Waals surface area contributed by atoms with Crippen LogP contribution in [-0.2, 0) is 9.59 Å². The van der Waals surface area contributed by atoms with E-state index in [0.29, 0.717) is 12.3 Å². The molecular formula is C15H20O3. The summed E-state index contributed by atoms with van der Waals surface area (Å²) >= 11 is 0. The molecule has 3 heteroatoms. The molecule has 2 rings (SSSR count). The molecule has 0 saturated carbocycles. The molecule has 0 spiro atoms. The molecule has 98 valence electrons. The number of hydrogen-bond donors (Lipinski definition) is 1. The Hall–Kier alpha value is -1.38. The summed E-state index contributed by atoms with van der Waals surface area (Å²) in [5, 5.41) is 9.11. The molecule has 0 fully saturated rings. The van der Waals surface area contributed by atoms with Gasteiger partial charge in [0.25, 0.3) is 0 Å². The third kappa shape index (κ3) is 1.92. The highest BCUT2D eigenvalue weighted by Gasteiger charge is 2.45. The van der Waals surface area contributed by atoms with Gasteiger partial charge in [0.1, 0.15) is 0 Å². The molecule has 0 aromatic heterocycles. The van der Waals surface area contributed by atoms with Crippen molar-refractivity contribution in [2.24, 2.45) is 23.2 Å². The third-order valence-electron chi connectivity index (χ3n) is 4.83. The van der Waals surface area contributed by atoms with E-state index in [1.54, 1.807) is 13.0 Å². The fourth-order valence-corrected chi connectivity index (χ4v) is 3.08. The third-order valence-corrected chi connectivity index (χ3v) is 4.83.